The maximum atomic E-state index is 11.9. The second-order valence-electron chi connectivity index (χ2n) is 8.82. The number of aliphatic hydroxyl groups excluding tert-OH is 1. The maximum absolute atomic E-state index is 11.9. The summed E-state index contributed by atoms with van der Waals surface area (Å²) in [6.45, 7) is 10.3. The van der Waals surface area contributed by atoms with E-state index in [2.05, 4.69) is 54.0 Å². The van der Waals surface area contributed by atoms with Crippen molar-refractivity contribution in [3.05, 3.63) is 59.2 Å². The zero-order valence-electron chi connectivity index (χ0n) is 18.3. The monoisotopic (exact) mass is 407 g/mol. The van der Waals surface area contributed by atoms with E-state index in [1.54, 1.807) is 6.92 Å². The summed E-state index contributed by atoms with van der Waals surface area (Å²) in [7, 11) is 0. The highest BCUT2D eigenvalue weighted by Gasteiger charge is 2.26. The average molecular weight is 408 g/mol. The molecule has 2 aromatic rings. The third kappa shape index (κ3) is 4.37. The molecule has 0 radical (unpaired) electrons. The molecule has 1 amide bonds. The number of fused-ring (bicyclic) bond motifs is 1. The van der Waals surface area contributed by atoms with Crippen molar-refractivity contribution < 1.29 is 9.90 Å². The largest absolute Gasteiger partial charge is 0.387 e. The van der Waals surface area contributed by atoms with Gasteiger partial charge in [0, 0.05) is 57.1 Å². The number of hydrogen-bond donors (Lipinski definition) is 1. The lowest BCUT2D eigenvalue weighted by Gasteiger charge is -2.42. The van der Waals surface area contributed by atoms with E-state index in [0.29, 0.717) is 12.6 Å². The Morgan fingerprint density at radius 1 is 1.17 bits per heavy atom. The van der Waals surface area contributed by atoms with Crippen LogP contribution in [-0.4, -0.2) is 54.7 Å². The molecule has 0 saturated carbocycles. The highest BCUT2D eigenvalue weighted by molar-refractivity contribution is 5.92. The van der Waals surface area contributed by atoms with Gasteiger partial charge in [-0.25, -0.2) is 0 Å². The number of aliphatic hydroxyl groups is 1. The molecule has 30 heavy (non-hydrogen) atoms. The van der Waals surface area contributed by atoms with Gasteiger partial charge in [-0.3, -0.25) is 9.69 Å². The van der Waals surface area contributed by atoms with Crippen molar-refractivity contribution in [1.82, 2.24) is 4.90 Å². The van der Waals surface area contributed by atoms with Crippen molar-refractivity contribution in [2.45, 2.75) is 45.8 Å². The SMILES string of the molecule is CC(=O)N1CCCc2cc([C@H](O)CN3CCN(c4cccc(C)c4)[C@H](C)C3)ccc21. The minimum absolute atomic E-state index is 0.0877. The highest BCUT2D eigenvalue weighted by Crippen LogP contribution is 2.30. The Labute approximate surface area is 179 Å². The van der Waals surface area contributed by atoms with Gasteiger partial charge in [-0.1, -0.05) is 24.3 Å². The van der Waals surface area contributed by atoms with E-state index in [4.69, 9.17) is 0 Å². The molecule has 0 aromatic heterocycles. The minimum Gasteiger partial charge on any atom is -0.387 e. The van der Waals surface area contributed by atoms with E-state index in [0.717, 1.165) is 50.3 Å². The van der Waals surface area contributed by atoms with Gasteiger partial charge in [0.2, 0.25) is 5.91 Å². The molecule has 2 heterocycles. The number of aryl methyl sites for hydroxylation is 2. The number of β-amino-alcohol motifs (C(OH)–C–C–N with tert-alkyl or cyclic N) is 1. The predicted molar refractivity (Wildman–Crippen MR) is 122 cm³/mol. The van der Waals surface area contributed by atoms with Crippen molar-refractivity contribution in [3.8, 4) is 0 Å². The highest BCUT2D eigenvalue weighted by atomic mass is 16.3. The van der Waals surface area contributed by atoms with Gasteiger partial charge in [-0.15, -0.1) is 0 Å². The standard InChI is InChI=1S/C25H33N3O2/c1-18-6-4-8-23(14-18)27-13-12-26(16-19(27)2)17-25(30)22-9-10-24-21(15-22)7-5-11-28(24)20(3)29/h4,6,8-10,14-15,19,25,30H,5,7,11-13,16-17H2,1-3H3/t19-,25-/m1/s1. The van der Waals surface area contributed by atoms with Crippen LogP contribution in [0.4, 0.5) is 11.4 Å². The summed E-state index contributed by atoms with van der Waals surface area (Å²) in [6.07, 6.45) is 1.43. The van der Waals surface area contributed by atoms with E-state index < -0.39 is 6.10 Å². The van der Waals surface area contributed by atoms with Crippen LogP contribution in [0.5, 0.6) is 0 Å². The number of anilines is 2. The lowest BCUT2D eigenvalue weighted by Crippen LogP contribution is -2.52. The van der Waals surface area contributed by atoms with E-state index >= 15 is 0 Å². The quantitative estimate of drug-likeness (QED) is 0.842. The van der Waals surface area contributed by atoms with Crippen LogP contribution in [0.2, 0.25) is 0 Å². The van der Waals surface area contributed by atoms with Crippen molar-refractivity contribution in [3.63, 3.8) is 0 Å². The summed E-state index contributed by atoms with van der Waals surface area (Å²) in [5.41, 5.74) is 5.70. The Bertz CT molecular complexity index is 913. The van der Waals surface area contributed by atoms with Crippen molar-refractivity contribution >= 4 is 17.3 Å². The summed E-state index contributed by atoms with van der Waals surface area (Å²) >= 11 is 0. The summed E-state index contributed by atoms with van der Waals surface area (Å²) in [4.78, 5) is 18.6. The third-order valence-corrected chi connectivity index (χ3v) is 6.46. The first-order valence-electron chi connectivity index (χ1n) is 11.1. The lowest BCUT2D eigenvalue weighted by molar-refractivity contribution is -0.116. The molecule has 0 bridgehead atoms. The Morgan fingerprint density at radius 2 is 2.00 bits per heavy atom. The molecule has 5 nitrogen and oxygen atoms in total. The van der Waals surface area contributed by atoms with Gasteiger partial charge in [0.1, 0.15) is 0 Å². The third-order valence-electron chi connectivity index (χ3n) is 6.46. The first-order valence-corrected chi connectivity index (χ1v) is 11.1. The van der Waals surface area contributed by atoms with Crippen molar-refractivity contribution in [2.75, 3.05) is 42.5 Å². The molecule has 4 rings (SSSR count). The Morgan fingerprint density at radius 3 is 2.73 bits per heavy atom. The average Bonchev–Trinajstić information content (AvgIpc) is 2.72. The second kappa shape index (κ2) is 8.78. The van der Waals surface area contributed by atoms with Crippen LogP contribution in [0.1, 0.15) is 43.1 Å². The molecule has 2 aromatic carbocycles. The fourth-order valence-corrected chi connectivity index (χ4v) is 4.89. The normalized spacial score (nSPS) is 20.7. The van der Waals surface area contributed by atoms with E-state index in [1.807, 2.05) is 17.0 Å². The number of nitrogens with zero attached hydrogens (tertiary/aromatic N) is 3. The van der Waals surface area contributed by atoms with E-state index in [-0.39, 0.29) is 5.91 Å². The number of rotatable bonds is 4. The smallest absolute Gasteiger partial charge is 0.223 e. The topological polar surface area (TPSA) is 47.0 Å². The summed E-state index contributed by atoms with van der Waals surface area (Å²) in [5, 5.41) is 10.9. The van der Waals surface area contributed by atoms with Crippen molar-refractivity contribution in [2.24, 2.45) is 0 Å². The number of hydrogen-bond acceptors (Lipinski definition) is 4. The second-order valence-corrected chi connectivity index (χ2v) is 8.82. The van der Waals surface area contributed by atoms with Gasteiger partial charge in [0.05, 0.1) is 6.10 Å². The predicted octanol–water partition coefficient (Wildman–Crippen LogP) is 3.54. The summed E-state index contributed by atoms with van der Waals surface area (Å²) in [6, 6.07) is 15.2. The molecule has 1 saturated heterocycles. The number of benzene rings is 2. The molecule has 0 aliphatic carbocycles. The van der Waals surface area contributed by atoms with Crippen LogP contribution in [-0.2, 0) is 11.2 Å². The van der Waals surface area contributed by atoms with Crippen LogP contribution in [0.25, 0.3) is 0 Å². The molecule has 1 fully saturated rings. The molecule has 1 N–H and O–H groups in total. The molecule has 0 unspecified atom stereocenters. The first kappa shape index (κ1) is 20.9. The van der Waals surface area contributed by atoms with Gasteiger partial charge in [0.25, 0.3) is 0 Å². The van der Waals surface area contributed by atoms with Crippen LogP contribution in [0.15, 0.2) is 42.5 Å². The van der Waals surface area contributed by atoms with Gasteiger partial charge in [0.15, 0.2) is 0 Å². The molecule has 160 valence electrons. The number of amides is 1. The minimum atomic E-state index is -0.513. The Hall–Kier alpha value is -2.37. The van der Waals surface area contributed by atoms with Crippen LogP contribution in [0.3, 0.4) is 0 Å². The Kier molecular flexibility index (Phi) is 6.11. The molecule has 2 atom stereocenters. The van der Waals surface area contributed by atoms with E-state index in [1.165, 1.54) is 16.8 Å². The van der Waals surface area contributed by atoms with Crippen molar-refractivity contribution in [1.29, 1.82) is 0 Å². The number of carbonyl (C=O) groups is 1. The number of piperazine rings is 1. The Balaban J connectivity index is 1.40. The van der Waals surface area contributed by atoms with Crippen LogP contribution < -0.4 is 9.80 Å². The summed E-state index contributed by atoms with van der Waals surface area (Å²) in [5.74, 6) is 0.0877. The molecular formula is C25H33N3O2. The van der Waals surface area contributed by atoms with Gasteiger partial charge >= 0.3 is 0 Å². The van der Waals surface area contributed by atoms with Gasteiger partial charge in [-0.05, 0) is 61.6 Å². The van der Waals surface area contributed by atoms with Gasteiger partial charge < -0.3 is 14.9 Å². The fraction of sp³-hybridized carbons (Fsp3) is 0.480. The van der Waals surface area contributed by atoms with Gasteiger partial charge in [-0.2, -0.15) is 0 Å². The number of carbonyl (C=O) groups excluding carboxylic acids is 1. The first-order chi connectivity index (χ1) is 14.4. The maximum Gasteiger partial charge on any atom is 0.223 e. The van der Waals surface area contributed by atoms with Crippen LogP contribution in [0, 0.1) is 6.92 Å². The molecule has 2 aliphatic heterocycles. The van der Waals surface area contributed by atoms with Crippen LogP contribution >= 0.6 is 0 Å². The molecular weight excluding hydrogens is 374 g/mol. The fourth-order valence-electron chi connectivity index (χ4n) is 4.89. The zero-order chi connectivity index (χ0) is 21.3. The zero-order valence-corrected chi connectivity index (χ0v) is 18.3. The van der Waals surface area contributed by atoms with E-state index in [9.17, 15) is 9.90 Å². The molecule has 0 spiro atoms. The summed E-state index contributed by atoms with van der Waals surface area (Å²) < 4.78 is 0. The lowest BCUT2D eigenvalue weighted by atomic mass is 9.97. The molecule has 5 heteroatoms. The molecule has 2 aliphatic rings.